The van der Waals surface area contributed by atoms with Gasteiger partial charge in [0.25, 0.3) is 0 Å². The molecule has 0 amide bonds. The summed E-state index contributed by atoms with van der Waals surface area (Å²) >= 11 is 0. The van der Waals surface area contributed by atoms with E-state index in [9.17, 15) is 0 Å². The Balaban J connectivity index is -0.0000000397. The van der Waals surface area contributed by atoms with E-state index in [1.807, 2.05) is 0 Å². The van der Waals surface area contributed by atoms with Gasteiger partial charge in [-0.3, -0.25) is 0 Å². The lowest BCUT2D eigenvalue weighted by atomic mass is 10.4. The molecule has 0 unspecified atom stereocenters. The fourth-order valence-electron chi connectivity index (χ4n) is 0.158. The molecule has 0 aliphatic heterocycles. The van der Waals surface area contributed by atoms with Gasteiger partial charge in [0.1, 0.15) is 0 Å². The summed E-state index contributed by atoms with van der Waals surface area (Å²) in [6.45, 7) is 4.33. The lowest BCUT2D eigenvalue weighted by molar-refractivity contribution is 0.287. The molecule has 0 rings (SSSR count). The molecule has 0 heterocycles. The molecule has 4 heteroatoms. The zero-order valence-corrected chi connectivity index (χ0v) is 8.88. The predicted octanol–water partition coefficient (Wildman–Crippen LogP) is -0.0728. The molecule has 0 aliphatic carbocycles. The molecule has 0 aromatic carbocycles. The Bertz CT molecular complexity index is 29.0. The monoisotopic (exact) mass is 182 g/mol. The van der Waals surface area contributed by atoms with Gasteiger partial charge < -0.3 is 21.7 Å². The topological polar surface area (TPSA) is 92.5 Å². The van der Waals surface area contributed by atoms with Crippen LogP contribution in [-0.4, -0.2) is 37.5 Å². The third-order valence-electron chi connectivity index (χ3n) is 0.512. The fourth-order valence-corrected chi connectivity index (χ4v) is 0.158. The minimum atomic E-state index is 0.250. The second kappa shape index (κ2) is 71.2. The molecule has 0 atom stereocenters. The molecule has 4 nitrogen and oxygen atoms in total. The van der Waals surface area contributed by atoms with Crippen molar-refractivity contribution in [2.45, 2.75) is 26.7 Å². The van der Waals surface area contributed by atoms with Gasteiger partial charge in [-0.05, 0) is 27.4 Å². The molecule has 0 saturated heterocycles. The summed E-state index contributed by atoms with van der Waals surface area (Å²) in [6.07, 6.45) is 2.04. The quantitative estimate of drug-likeness (QED) is 0.481. The van der Waals surface area contributed by atoms with Crippen molar-refractivity contribution in [3.63, 3.8) is 0 Å². The normalized spacial score (nSPS) is 6.00. The van der Waals surface area contributed by atoms with Crippen molar-refractivity contribution in [3.05, 3.63) is 0 Å². The Morgan fingerprint density at radius 3 is 1.17 bits per heavy atom. The number of aliphatic hydroxyl groups is 2. The smallest absolute Gasteiger partial charge is 0.0430 e. The van der Waals surface area contributed by atoms with Crippen LogP contribution in [0.25, 0.3) is 0 Å². The van der Waals surface area contributed by atoms with Crippen molar-refractivity contribution in [1.29, 1.82) is 0 Å². The summed E-state index contributed by atoms with van der Waals surface area (Å²) in [7, 11) is 3.00. The van der Waals surface area contributed by atoms with E-state index >= 15 is 0 Å². The van der Waals surface area contributed by atoms with Crippen LogP contribution in [0.2, 0.25) is 0 Å². The Hall–Kier alpha value is -0.160. The Morgan fingerprint density at radius 2 is 1.17 bits per heavy atom. The molecular formula is C8H26N2O2. The van der Waals surface area contributed by atoms with E-state index in [4.69, 9.17) is 10.2 Å². The highest BCUT2D eigenvalue weighted by Gasteiger charge is 1.69. The van der Waals surface area contributed by atoms with Gasteiger partial charge in [-0.2, -0.15) is 0 Å². The second-order valence-corrected chi connectivity index (χ2v) is 1.39. The summed E-state index contributed by atoms with van der Waals surface area (Å²) in [5, 5.41) is 15.6. The molecule has 0 aromatic heterocycles. The van der Waals surface area contributed by atoms with Crippen molar-refractivity contribution in [1.82, 2.24) is 0 Å². The van der Waals surface area contributed by atoms with Crippen molar-refractivity contribution >= 4 is 0 Å². The number of rotatable bonds is 2. The number of hydrogen-bond donors (Lipinski definition) is 4. The van der Waals surface area contributed by atoms with Gasteiger partial charge in [-0.1, -0.05) is 13.3 Å². The summed E-state index contributed by atoms with van der Waals surface area (Å²) in [6, 6.07) is 0. The van der Waals surface area contributed by atoms with Crippen LogP contribution in [0.5, 0.6) is 0 Å². The maximum absolute atomic E-state index is 8.07. The largest absolute Gasteiger partial charge is 0.397 e. The molecule has 80 valence electrons. The summed E-state index contributed by atoms with van der Waals surface area (Å²) in [5.41, 5.74) is 9.00. The molecule has 0 saturated carbocycles. The average molecular weight is 182 g/mol. The van der Waals surface area contributed by atoms with E-state index in [1.54, 1.807) is 6.92 Å². The molecule has 0 bridgehead atoms. The van der Waals surface area contributed by atoms with Crippen molar-refractivity contribution in [2.75, 3.05) is 27.3 Å². The fraction of sp³-hybridized carbons (Fsp3) is 1.00. The highest BCUT2D eigenvalue weighted by Crippen LogP contribution is 1.78. The summed E-state index contributed by atoms with van der Waals surface area (Å²) < 4.78 is 0. The van der Waals surface area contributed by atoms with Gasteiger partial charge in [0.05, 0.1) is 0 Å². The maximum atomic E-state index is 8.07. The minimum absolute atomic E-state index is 0.250. The first kappa shape index (κ1) is 22.6. The van der Waals surface area contributed by atoms with Crippen LogP contribution in [0.3, 0.4) is 0 Å². The number of hydrogen-bond acceptors (Lipinski definition) is 4. The second-order valence-electron chi connectivity index (χ2n) is 1.39. The molecule has 0 fully saturated rings. The molecule has 0 aliphatic rings. The van der Waals surface area contributed by atoms with E-state index in [-0.39, 0.29) is 6.61 Å². The van der Waals surface area contributed by atoms with Crippen LogP contribution in [0, 0.1) is 0 Å². The van der Waals surface area contributed by atoms with Crippen molar-refractivity contribution in [3.8, 4) is 0 Å². The van der Waals surface area contributed by atoms with E-state index in [0.717, 1.165) is 12.8 Å². The standard InChI is InChI=1S/C4H10O.C2H6O.2CH5N/c1-2-3-4-5;1-2-3;2*1-2/h5H,2-4H2,1H3;3H,2H2,1H3;2*2H2,1H3. The van der Waals surface area contributed by atoms with Crippen LogP contribution in [-0.2, 0) is 0 Å². The van der Waals surface area contributed by atoms with Gasteiger partial charge in [-0.25, -0.2) is 0 Å². The van der Waals surface area contributed by atoms with Gasteiger partial charge in [0.2, 0.25) is 0 Å². The van der Waals surface area contributed by atoms with E-state index < -0.39 is 0 Å². The molecule has 0 radical (unpaired) electrons. The number of aliphatic hydroxyl groups excluding tert-OH is 2. The zero-order valence-electron chi connectivity index (χ0n) is 8.88. The number of nitrogens with two attached hydrogens (primary N) is 2. The molecule has 0 spiro atoms. The maximum Gasteiger partial charge on any atom is 0.0430 e. The van der Waals surface area contributed by atoms with Gasteiger partial charge in [0, 0.05) is 13.2 Å². The van der Waals surface area contributed by atoms with Crippen LogP contribution in [0.4, 0.5) is 0 Å². The van der Waals surface area contributed by atoms with Gasteiger partial charge in [-0.15, -0.1) is 0 Å². The molecule has 6 N–H and O–H groups in total. The molecule has 12 heavy (non-hydrogen) atoms. The third kappa shape index (κ3) is 227. The van der Waals surface area contributed by atoms with Crippen LogP contribution < -0.4 is 11.5 Å². The van der Waals surface area contributed by atoms with E-state index in [0.29, 0.717) is 6.61 Å². The Kier molecular flexibility index (Phi) is 134. The highest BCUT2D eigenvalue weighted by atomic mass is 16.3. The lowest BCUT2D eigenvalue weighted by Crippen LogP contribution is -1.75. The summed E-state index contributed by atoms with van der Waals surface area (Å²) in [4.78, 5) is 0. The van der Waals surface area contributed by atoms with Crippen LogP contribution in [0.1, 0.15) is 26.7 Å². The first-order chi connectivity index (χ1) is 5.83. The van der Waals surface area contributed by atoms with Crippen molar-refractivity contribution in [2.24, 2.45) is 11.5 Å². The Labute approximate surface area is 76.6 Å². The van der Waals surface area contributed by atoms with Gasteiger partial charge >= 0.3 is 0 Å². The predicted molar refractivity (Wildman–Crippen MR) is 55.0 cm³/mol. The van der Waals surface area contributed by atoms with E-state index in [1.165, 1.54) is 14.1 Å². The first-order valence-corrected chi connectivity index (χ1v) is 4.20. The number of unbranched alkanes of at least 4 members (excludes halogenated alkanes) is 1. The van der Waals surface area contributed by atoms with E-state index in [2.05, 4.69) is 18.4 Å². The molecular weight excluding hydrogens is 156 g/mol. The van der Waals surface area contributed by atoms with Crippen molar-refractivity contribution < 1.29 is 10.2 Å². The molecule has 0 aromatic rings. The SMILES string of the molecule is CCCCO.CCO.CN.CN. The minimum Gasteiger partial charge on any atom is -0.397 e. The zero-order chi connectivity index (χ0) is 10.8. The third-order valence-corrected chi connectivity index (χ3v) is 0.512. The Morgan fingerprint density at radius 1 is 0.917 bits per heavy atom. The van der Waals surface area contributed by atoms with Crippen LogP contribution >= 0.6 is 0 Å². The highest BCUT2D eigenvalue weighted by molar-refractivity contribution is 4.23. The lowest BCUT2D eigenvalue weighted by Gasteiger charge is -1.79. The van der Waals surface area contributed by atoms with Gasteiger partial charge in [0.15, 0.2) is 0 Å². The van der Waals surface area contributed by atoms with Crippen LogP contribution in [0.15, 0.2) is 0 Å². The summed E-state index contributed by atoms with van der Waals surface area (Å²) in [5.74, 6) is 0. The average Bonchev–Trinajstić information content (AvgIpc) is 2.14. The first-order valence-electron chi connectivity index (χ1n) is 4.20.